The fraction of sp³-hybridized carbons (Fsp3) is 0.450. The highest BCUT2D eigenvalue weighted by Gasteiger charge is 2.24. The van der Waals surface area contributed by atoms with Gasteiger partial charge in [-0.15, -0.1) is 0 Å². The van der Waals surface area contributed by atoms with Gasteiger partial charge in [-0.3, -0.25) is 4.79 Å². The number of piperidine rings is 1. The molecule has 1 aromatic heterocycles. The van der Waals surface area contributed by atoms with Crippen LogP contribution in [0.1, 0.15) is 48.7 Å². The molecule has 2 aromatic rings. The molecule has 0 spiro atoms. The third kappa shape index (κ3) is 4.33. The number of nitrogens with zero attached hydrogens (tertiary/aromatic N) is 3. The number of rotatable bonds is 5. The second-order valence-electron chi connectivity index (χ2n) is 6.75. The topological polar surface area (TPSA) is 67.4 Å². The van der Waals surface area contributed by atoms with E-state index in [0.717, 1.165) is 31.4 Å². The lowest BCUT2D eigenvalue weighted by Crippen LogP contribution is -2.40. The third-order valence-electron chi connectivity index (χ3n) is 4.96. The fourth-order valence-electron chi connectivity index (χ4n) is 3.42. The van der Waals surface area contributed by atoms with Gasteiger partial charge in [-0.2, -0.15) is 0 Å². The molecule has 7 heteroatoms. The highest BCUT2D eigenvalue weighted by molar-refractivity contribution is 6.31. The quantitative estimate of drug-likeness (QED) is 0.818. The van der Waals surface area contributed by atoms with Gasteiger partial charge >= 0.3 is 0 Å². The molecule has 0 aliphatic carbocycles. The Morgan fingerprint density at radius 3 is 2.96 bits per heavy atom. The van der Waals surface area contributed by atoms with E-state index in [9.17, 15) is 4.79 Å². The van der Waals surface area contributed by atoms with Gasteiger partial charge in [0.2, 0.25) is 5.95 Å². The largest absolute Gasteiger partial charge is 0.495 e. The molecule has 1 aliphatic heterocycles. The molecule has 1 unspecified atom stereocenters. The number of carbonyl (C=O) groups excluding carboxylic acids is 1. The van der Waals surface area contributed by atoms with E-state index >= 15 is 0 Å². The normalized spacial score (nSPS) is 16.9. The summed E-state index contributed by atoms with van der Waals surface area (Å²) in [5, 5.41) is 3.46. The van der Waals surface area contributed by atoms with Crippen LogP contribution in [0.2, 0.25) is 5.02 Å². The molecule has 1 saturated heterocycles. The number of ether oxygens (including phenoxy) is 1. The van der Waals surface area contributed by atoms with E-state index in [-0.39, 0.29) is 5.91 Å². The first kappa shape index (κ1) is 19.4. The Morgan fingerprint density at radius 2 is 2.22 bits per heavy atom. The van der Waals surface area contributed by atoms with Gasteiger partial charge in [0, 0.05) is 29.9 Å². The molecule has 1 amide bonds. The number of carbonyl (C=O) groups is 1. The van der Waals surface area contributed by atoms with Crippen molar-refractivity contribution in [1.82, 2.24) is 9.97 Å². The Labute approximate surface area is 164 Å². The minimum Gasteiger partial charge on any atom is -0.495 e. The van der Waals surface area contributed by atoms with Crippen molar-refractivity contribution in [2.75, 3.05) is 23.9 Å². The van der Waals surface area contributed by atoms with Crippen molar-refractivity contribution < 1.29 is 9.53 Å². The summed E-state index contributed by atoms with van der Waals surface area (Å²) in [6.45, 7) is 4.98. The van der Waals surface area contributed by atoms with E-state index in [2.05, 4.69) is 27.1 Å². The predicted octanol–water partition coefficient (Wildman–Crippen LogP) is 4.47. The molecule has 0 bridgehead atoms. The van der Waals surface area contributed by atoms with Crippen LogP contribution in [0, 0.1) is 6.92 Å². The summed E-state index contributed by atoms with van der Waals surface area (Å²) in [5.41, 5.74) is 1.75. The van der Waals surface area contributed by atoms with E-state index in [1.807, 2.05) is 6.92 Å². The van der Waals surface area contributed by atoms with Crippen LogP contribution in [-0.4, -0.2) is 35.6 Å². The van der Waals surface area contributed by atoms with Gasteiger partial charge in [0.25, 0.3) is 5.91 Å². The number of halogens is 1. The van der Waals surface area contributed by atoms with Crippen LogP contribution in [0.25, 0.3) is 0 Å². The molecule has 144 valence electrons. The van der Waals surface area contributed by atoms with E-state index in [1.165, 1.54) is 6.42 Å². The number of aryl methyl sites for hydroxylation is 1. The van der Waals surface area contributed by atoms with Gasteiger partial charge in [-0.25, -0.2) is 9.97 Å². The lowest BCUT2D eigenvalue weighted by molar-refractivity contribution is 0.102. The molecular formula is C20H25ClN4O2. The molecule has 27 heavy (non-hydrogen) atoms. The number of benzene rings is 1. The Hall–Kier alpha value is -2.34. The van der Waals surface area contributed by atoms with Crippen molar-refractivity contribution >= 4 is 29.1 Å². The molecule has 0 saturated carbocycles. The lowest BCUT2D eigenvalue weighted by atomic mass is 10.0. The lowest BCUT2D eigenvalue weighted by Gasteiger charge is -2.35. The van der Waals surface area contributed by atoms with Crippen LogP contribution in [0.5, 0.6) is 5.75 Å². The zero-order valence-corrected chi connectivity index (χ0v) is 16.7. The predicted molar refractivity (Wildman–Crippen MR) is 108 cm³/mol. The monoisotopic (exact) mass is 388 g/mol. The third-order valence-corrected chi connectivity index (χ3v) is 5.37. The van der Waals surface area contributed by atoms with Crippen molar-refractivity contribution in [3.8, 4) is 5.75 Å². The minimum absolute atomic E-state index is 0.302. The molecule has 1 atom stereocenters. The first-order chi connectivity index (χ1) is 13.0. The van der Waals surface area contributed by atoms with E-state index in [0.29, 0.717) is 34.1 Å². The molecule has 1 N–H and O–H groups in total. The van der Waals surface area contributed by atoms with Gasteiger partial charge in [-0.05, 0) is 50.3 Å². The van der Waals surface area contributed by atoms with Crippen molar-refractivity contribution in [3.05, 3.63) is 40.7 Å². The molecule has 2 heterocycles. The Bertz CT molecular complexity index is 828. The van der Waals surface area contributed by atoms with E-state index < -0.39 is 0 Å². The van der Waals surface area contributed by atoms with Crippen LogP contribution in [0.4, 0.5) is 11.6 Å². The number of methoxy groups -OCH3 is 1. The second kappa shape index (κ2) is 8.57. The fourth-order valence-corrected chi connectivity index (χ4v) is 3.57. The molecule has 0 radical (unpaired) electrons. The van der Waals surface area contributed by atoms with E-state index in [1.54, 1.807) is 31.5 Å². The highest BCUT2D eigenvalue weighted by Crippen LogP contribution is 2.31. The first-order valence-corrected chi connectivity index (χ1v) is 9.66. The second-order valence-corrected chi connectivity index (χ2v) is 7.16. The summed E-state index contributed by atoms with van der Waals surface area (Å²) >= 11 is 6.13. The smallest absolute Gasteiger partial charge is 0.274 e. The van der Waals surface area contributed by atoms with Gasteiger partial charge in [-0.1, -0.05) is 18.5 Å². The van der Waals surface area contributed by atoms with Crippen LogP contribution in [-0.2, 0) is 0 Å². The summed E-state index contributed by atoms with van der Waals surface area (Å²) in [4.78, 5) is 23.9. The number of hydrogen-bond donors (Lipinski definition) is 1. The number of aromatic nitrogens is 2. The Balaban J connectivity index is 1.83. The molecular weight excluding hydrogens is 364 g/mol. The van der Waals surface area contributed by atoms with Gasteiger partial charge < -0.3 is 15.0 Å². The zero-order valence-electron chi connectivity index (χ0n) is 16.0. The van der Waals surface area contributed by atoms with Gasteiger partial charge in [0.15, 0.2) is 0 Å². The zero-order chi connectivity index (χ0) is 19.4. The summed E-state index contributed by atoms with van der Waals surface area (Å²) in [5.74, 6) is 0.826. The summed E-state index contributed by atoms with van der Waals surface area (Å²) in [7, 11) is 1.54. The van der Waals surface area contributed by atoms with Crippen LogP contribution in [0.15, 0.2) is 24.4 Å². The van der Waals surface area contributed by atoms with Gasteiger partial charge in [0.1, 0.15) is 11.4 Å². The van der Waals surface area contributed by atoms with E-state index in [4.69, 9.17) is 16.3 Å². The van der Waals surface area contributed by atoms with Crippen molar-refractivity contribution in [2.24, 2.45) is 0 Å². The number of nitrogens with one attached hydrogen (secondary N) is 1. The van der Waals surface area contributed by atoms with Crippen molar-refractivity contribution in [1.29, 1.82) is 0 Å². The molecule has 1 fully saturated rings. The van der Waals surface area contributed by atoms with Crippen LogP contribution in [0.3, 0.4) is 0 Å². The average molecular weight is 389 g/mol. The molecule has 1 aliphatic rings. The first-order valence-electron chi connectivity index (χ1n) is 9.28. The molecule has 1 aromatic carbocycles. The average Bonchev–Trinajstić information content (AvgIpc) is 2.70. The summed E-state index contributed by atoms with van der Waals surface area (Å²) in [6, 6.07) is 5.53. The maximum Gasteiger partial charge on any atom is 0.274 e. The van der Waals surface area contributed by atoms with Crippen LogP contribution < -0.4 is 15.0 Å². The van der Waals surface area contributed by atoms with Crippen molar-refractivity contribution in [3.63, 3.8) is 0 Å². The maximum absolute atomic E-state index is 12.8. The Morgan fingerprint density at radius 1 is 1.41 bits per heavy atom. The highest BCUT2D eigenvalue weighted by atomic mass is 35.5. The van der Waals surface area contributed by atoms with Gasteiger partial charge in [0.05, 0.1) is 12.8 Å². The number of amides is 1. The maximum atomic E-state index is 12.8. The SMILES string of the molecule is CCC1CCCCN1c1nccc(C(=O)Nc2cc(C)c(Cl)cc2OC)n1. The standard InChI is InChI=1S/C20H25ClN4O2/c1-4-14-7-5-6-10-25(14)20-22-9-8-16(24-20)19(26)23-17-11-13(2)15(21)12-18(17)27-3/h8-9,11-12,14H,4-7,10H2,1-3H3,(H,23,26). The van der Waals surface area contributed by atoms with Crippen LogP contribution >= 0.6 is 11.6 Å². The minimum atomic E-state index is -0.302. The molecule has 3 rings (SSSR count). The van der Waals surface area contributed by atoms with Crippen molar-refractivity contribution in [2.45, 2.75) is 45.6 Å². The summed E-state index contributed by atoms with van der Waals surface area (Å²) < 4.78 is 5.33. The Kier molecular flexibility index (Phi) is 6.16. The summed E-state index contributed by atoms with van der Waals surface area (Å²) in [6.07, 6.45) is 6.17. The number of hydrogen-bond acceptors (Lipinski definition) is 5. The number of anilines is 2. The molecule has 6 nitrogen and oxygen atoms in total.